The van der Waals surface area contributed by atoms with Crippen LogP contribution < -0.4 is 11.1 Å². The molecule has 1 aliphatic carbocycles. The Balaban J connectivity index is 1.53. The highest BCUT2D eigenvalue weighted by Crippen LogP contribution is 2.23. The third kappa shape index (κ3) is 4.60. The zero-order valence-corrected chi connectivity index (χ0v) is 11.8. The van der Waals surface area contributed by atoms with Crippen molar-refractivity contribution in [1.29, 1.82) is 0 Å². The molecule has 1 aliphatic rings. The number of hydrogen-bond acceptors (Lipinski definition) is 3. The Labute approximate surface area is 116 Å². The maximum Gasteiger partial charge on any atom is 0.0604 e. The standard InChI is InChI=1S/C16H26N2O/c1-2-19-15-11-14(12-15)18-10-6-9-16(17)13-7-4-3-5-8-13/h3-5,7-8,14-16,18H,2,6,9-12,17H2,1H3. The fourth-order valence-corrected chi connectivity index (χ4v) is 2.60. The summed E-state index contributed by atoms with van der Waals surface area (Å²) in [7, 11) is 0. The highest BCUT2D eigenvalue weighted by molar-refractivity contribution is 5.18. The topological polar surface area (TPSA) is 47.3 Å². The van der Waals surface area contributed by atoms with Crippen LogP contribution in [0.15, 0.2) is 30.3 Å². The van der Waals surface area contributed by atoms with Crippen LogP contribution in [0, 0.1) is 0 Å². The molecular formula is C16H26N2O. The molecule has 1 saturated carbocycles. The van der Waals surface area contributed by atoms with Crippen LogP contribution in [0.3, 0.4) is 0 Å². The van der Waals surface area contributed by atoms with Gasteiger partial charge in [-0.1, -0.05) is 30.3 Å². The summed E-state index contributed by atoms with van der Waals surface area (Å²) >= 11 is 0. The number of benzene rings is 1. The summed E-state index contributed by atoms with van der Waals surface area (Å²) in [6.07, 6.45) is 5.00. The molecule has 0 amide bonds. The Morgan fingerprint density at radius 1 is 1.32 bits per heavy atom. The molecule has 0 spiro atoms. The first-order chi connectivity index (χ1) is 9.29. The molecule has 1 fully saturated rings. The molecule has 1 aromatic carbocycles. The van der Waals surface area contributed by atoms with Gasteiger partial charge in [-0.05, 0) is 44.7 Å². The van der Waals surface area contributed by atoms with Crippen LogP contribution in [-0.4, -0.2) is 25.3 Å². The first kappa shape index (κ1) is 14.5. The summed E-state index contributed by atoms with van der Waals surface area (Å²) in [4.78, 5) is 0. The Hall–Kier alpha value is -0.900. The van der Waals surface area contributed by atoms with Gasteiger partial charge in [-0.25, -0.2) is 0 Å². The molecule has 3 N–H and O–H groups in total. The molecule has 19 heavy (non-hydrogen) atoms. The number of ether oxygens (including phenoxy) is 1. The van der Waals surface area contributed by atoms with E-state index in [1.807, 2.05) is 6.07 Å². The van der Waals surface area contributed by atoms with Gasteiger partial charge in [-0.2, -0.15) is 0 Å². The molecule has 0 saturated heterocycles. The fourth-order valence-electron chi connectivity index (χ4n) is 2.60. The summed E-state index contributed by atoms with van der Waals surface area (Å²) in [5.74, 6) is 0. The van der Waals surface area contributed by atoms with Crippen molar-refractivity contribution in [2.24, 2.45) is 5.73 Å². The molecule has 0 radical (unpaired) electrons. The molecule has 3 nitrogen and oxygen atoms in total. The van der Waals surface area contributed by atoms with Gasteiger partial charge in [0.05, 0.1) is 6.10 Å². The Kier molecular flexibility index (Phi) is 5.83. The third-order valence-electron chi connectivity index (χ3n) is 3.85. The zero-order valence-electron chi connectivity index (χ0n) is 11.8. The maximum atomic E-state index is 6.17. The molecule has 0 aliphatic heterocycles. The van der Waals surface area contributed by atoms with Crippen LogP contribution in [0.5, 0.6) is 0 Å². The van der Waals surface area contributed by atoms with E-state index in [0.717, 1.165) is 26.0 Å². The van der Waals surface area contributed by atoms with Crippen LogP contribution in [0.4, 0.5) is 0 Å². The summed E-state index contributed by atoms with van der Waals surface area (Å²) in [5.41, 5.74) is 7.41. The molecule has 0 bridgehead atoms. The number of nitrogens with one attached hydrogen (secondary N) is 1. The molecule has 1 aromatic rings. The van der Waals surface area contributed by atoms with E-state index in [9.17, 15) is 0 Å². The van der Waals surface area contributed by atoms with Crippen LogP contribution in [0.2, 0.25) is 0 Å². The van der Waals surface area contributed by atoms with E-state index >= 15 is 0 Å². The lowest BCUT2D eigenvalue weighted by molar-refractivity contribution is -0.00977. The summed E-state index contributed by atoms with van der Waals surface area (Å²) in [6.45, 7) is 3.96. The average Bonchev–Trinajstić information content (AvgIpc) is 2.41. The van der Waals surface area contributed by atoms with E-state index in [1.54, 1.807) is 0 Å². The van der Waals surface area contributed by atoms with Crippen molar-refractivity contribution in [3.05, 3.63) is 35.9 Å². The zero-order chi connectivity index (χ0) is 13.5. The van der Waals surface area contributed by atoms with Crippen molar-refractivity contribution in [2.45, 2.75) is 50.8 Å². The van der Waals surface area contributed by atoms with Gasteiger partial charge >= 0.3 is 0 Å². The minimum atomic E-state index is 0.167. The van der Waals surface area contributed by atoms with Gasteiger partial charge in [0.1, 0.15) is 0 Å². The number of nitrogens with two attached hydrogens (primary N) is 1. The third-order valence-corrected chi connectivity index (χ3v) is 3.85. The number of rotatable bonds is 8. The second-order valence-electron chi connectivity index (χ2n) is 5.36. The highest BCUT2D eigenvalue weighted by atomic mass is 16.5. The van der Waals surface area contributed by atoms with Crippen LogP contribution >= 0.6 is 0 Å². The first-order valence-electron chi connectivity index (χ1n) is 7.45. The maximum absolute atomic E-state index is 6.17. The van der Waals surface area contributed by atoms with Gasteiger partial charge in [0.2, 0.25) is 0 Å². The molecule has 3 heteroatoms. The van der Waals surface area contributed by atoms with Gasteiger partial charge in [0, 0.05) is 18.7 Å². The summed E-state index contributed by atoms with van der Waals surface area (Å²) in [5, 5.41) is 3.58. The van der Waals surface area contributed by atoms with Crippen molar-refractivity contribution >= 4 is 0 Å². The molecule has 1 atom stereocenters. The molecular weight excluding hydrogens is 236 g/mol. The molecule has 106 valence electrons. The van der Waals surface area contributed by atoms with E-state index in [0.29, 0.717) is 12.1 Å². The van der Waals surface area contributed by atoms with E-state index in [1.165, 1.54) is 18.4 Å². The van der Waals surface area contributed by atoms with E-state index in [-0.39, 0.29) is 6.04 Å². The first-order valence-corrected chi connectivity index (χ1v) is 7.45. The van der Waals surface area contributed by atoms with Crippen molar-refractivity contribution in [3.8, 4) is 0 Å². The summed E-state index contributed by atoms with van der Waals surface area (Å²) < 4.78 is 5.55. The van der Waals surface area contributed by atoms with Crippen molar-refractivity contribution < 1.29 is 4.74 Å². The molecule has 2 rings (SSSR count). The predicted molar refractivity (Wildman–Crippen MR) is 79.0 cm³/mol. The SMILES string of the molecule is CCOC1CC(NCCCC(N)c2ccccc2)C1. The van der Waals surface area contributed by atoms with Crippen molar-refractivity contribution in [3.63, 3.8) is 0 Å². The van der Waals surface area contributed by atoms with E-state index in [2.05, 4.69) is 36.5 Å². The van der Waals surface area contributed by atoms with Gasteiger partial charge < -0.3 is 15.8 Å². The lowest BCUT2D eigenvalue weighted by Gasteiger charge is -2.35. The fraction of sp³-hybridized carbons (Fsp3) is 0.625. The minimum Gasteiger partial charge on any atom is -0.378 e. The molecule has 0 heterocycles. The highest BCUT2D eigenvalue weighted by Gasteiger charge is 2.28. The quantitative estimate of drug-likeness (QED) is 0.708. The second kappa shape index (κ2) is 7.63. The summed E-state index contributed by atoms with van der Waals surface area (Å²) in [6, 6.07) is 11.2. The van der Waals surface area contributed by atoms with Gasteiger partial charge in [0.25, 0.3) is 0 Å². The number of hydrogen-bond donors (Lipinski definition) is 2. The Morgan fingerprint density at radius 2 is 2.05 bits per heavy atom. The van der Waals surface area contributed by atoms with Gasteiger partial charge in [-0.3, -0.25) is 0 Å². The largest absolute Gasteiger partial charge is 0.378 e. The molecule has 0 aromatic heterocycles. The van der Waals surface area contributed by atoms with Crippen molar-refractivity contribution in [1.82, 2.24) is 5.32 Å². The average molecular weight is 262 g/mol. The normalized spacial score (nSPS) is 23.9. The van der Waals surface area contributed by atoms with E-state index < -0.39 is 0 Å². The van der Waals surface area contributed by atoms with Crippen molar-refractivity contribution in [2.75, 3.05) is 13.2 Å². The monoisotopic (exact) mass is 262 g/mol. The second-order valence-corrected chi connectivity index (χ2v) is 5.36. The molecule has 1 unspecified atom stereocenters. The Morgan fingerprint density at radius 3 is 2.74 bits per heavy atom. The van der Waals surface area contributed by atoms with Crippen LogP contribution in [-0.2, 0) is 4.74 Å². The van der Waals surface area contributed by atoms with Gasteiger partial charge in [-0.15, -0.1) is 0 Å². The van der Waals surface area contributed by atoms with Crippen LogP contribution in [0.25, 0.3) is 0 Å². The van der Waals surface area contributed by atoms with E-state index in [4.69, 9.17) is 10.5 Å². The minimum absolute atomic E-state index is 0.167. The van der Waals surface area contributed by atoms with Crippen LogP contribution in [0.1, 0.15) is 44.2 Å². The Bertz CT molecular complexity index is 349. The lowest BCUT2D eigenvalue weighted by Crippen LogP contribution is -2.45. The van der Waals surface area contributed by atoms with Gasteiger partial charge in [0.15, 0.2) is 0 Å². The smallest absolute Gasteiger partial charge is 0.0604 e. The lowest BCUT2D eigenvalue weighted by atomic mass is 9.89. The predicted octanol–water partition coefficient (Wildman–Crippen LogP) is 2.62.